The van der Waals surface area contributed by atoms with Crippen LogP contribution in [0, 0.1) is 5.92 Å². The summed E-state index contributed by atoms with van der Waals surface area (Å²) in [6, 6.07) is 0. The lowest BCUT2D eigenvalue weighted by molar-refractivity contribution is -0.138. The summed E-state index contributed by atoms with van der Waals surface area (Å²) in [6.45, 7) is 8.19. The third-order valence-corrected chi connectivity index (χ3v) is 7.42. The molecule has 0 fully saturated rings. The summed E-state index contributed by atoms with van der Waals surface area (Å²) in [5, 5.41) is -0.983. The summed E-state index contributed by atoms with van der Waals surface area (Å²) < 4.78 is 40.6. The Morgan fingerprint density at radius 1 is 0.739 bits per heavy atom. The van der Waals surface area contributed by atoms with Crippen molar-refractivity contribution in [1.29, 1.82) is 0 Å². The molecule has 0 aliphatic rings. The van der Waals surface area contributed by atoms with Gasteiger partial charge in [0, 0.05) is 5.25 Å². The molecule has 140 valence electrons. The molecule has 0 aromatic rings. The first-order valence-electron chi connectivity index (χ1n) is 9.21. The zero-order chi connectivity index (χ0) is 17.7. The molecule has 0 heterocycles. The van der Waals surface area contributed by atoms with Gasteiger partial charge in [-0.05, 0) is 18.8 Å². The van der Waals surface area contributed by atoms with Gasteiger partial charge in [0.1, 0.15) is 5.25 Å². The van der Waals surface area contributed by atoms with Gasteiger partial charge >= 0.3 is 6.18 Å². The highest BCUT2D eigenvalue weighted by Gasteiger charge is 2.44. The van der Waals surface area contributed by atoms with Gasteiger partial charge in [0.15, 0.2) is 0 Å². The molecule has 0 aromatic carbocycles. The Labute approximate surface area is 149 Å². The van der Waals surface area contributed by atoms with Crippen molar-refractivity contribution in [3.05, 3.63) is 0 Å². The minimum absolute atomic E-state index is 0.222. The van der Waals surface area contributed by atoms with Crippen molar-refractivity contribution >= 4 is 21.6 Å². The molecule has 0 bridgehead atoms. The third-order valence-electron chi connectivity index (χ3n) is 3.96. The molecule has 23 heavy (non-hydrogen) atoms. The Morgan fingerprint density at radius 3 is 1.57 bits per heavy atom. The number of rotatable bonds is 14. The topological polar surface area (TPSA) is 0 Å². The molecule has 0 nitrogen and oxygen atoms in total. The molecule has 0 saturated heterocycles. The predicted octanol–water partition coefficient (Wildman–Crippen LogP) is 8.26. The fourth-order valence-corrected chi connectivity index (χ4v) is 5.39. The van der Waals surface area contributed by atoms with E-state index in [1.165, 1.54) is 10.8 Å². The van der Waals surface area contributed by atoms with Crippen molar-refractivity contribution < 1.29 is 13.2 Å². The van der Waals surface area contributed by atoms with Crippen LogP contribution in [0.2, 0.25) is 0 Å². The Hall–Kier alpha value is 0.490. The first-order valence-corrected chi connectivity index (χ1v) is 11.5. The van der Waals surface area contributed by atoms with Gasteiger partial charge < -0.3 is 0 Å². The van der Waals surface area contributed by atoms with Gasteiger partial charge in [-0.3, -0.25) is 0 Å². The highest BCUT2D eigenvalue weighted by Crippen LogP contribution is 2.46. The van der Waals surface area contributed by atoms with Crippen molar-refractivity contribution in [3.8, 4) is 0 Å². The van der Waals surface area contributed by atoms with Crippen molar-refractivity contribution in [2.24, 2.45) is 5.92 Å². The zero-order valence-electron chi connectivity index (χ0n) is 15.3. The molecule has 0 spiro atoms. The Kier molecular flexibility index (Phi) is 14.0. The van der Waals surface area contributed by atoms with E-state index in [9.17, 15) is 13.2 Å². The van der Waals surface area contributed by atoms with Crippen LogP contribution in [-0.4, -0.2) is 16.7 Å². The van der Waals surface area contributed by atoms with Crippen LogP contribution >= 0.6 is 21.6 Å². The molecule has 0 unspecified atom stereocenters. The van der Waals surface area contributed by atoms with E-state index in [1.807, 2.05) is 13.8 Å². The van der Waals surface area contributed by atoms with E-state index >= 15 is 0 Å². The van der Waals surface area contributed by atoms with E-state index in [-0.39, 0.29) is 11.2 Å². The average Bonchev–Trinajstić information content (AvgIpc) is 2.45. The first kappa shape index (κ1) is 23.5. The Bertz CT molecular complexity index is 255. The van der Waals surface area contributed by atoms with Crippen molar-refractivity contribution in [3.63, 3.8) is 0 Å². The maximum Gasteiger partial charge on any atom is 0.401 e. The van der Waals surface area contributed by atoms with Gasteiger partial charge in [0.2, 0.25) is 0 Å². The van der Waals surface area contributed by atoms with Crippen LogP contribution < -0.4 is 0 Å². The number of unbranched alkanes of at least 4 members (excludes halogenated alkanes) is 6. The summed E-state index contributed by atoms with van der Waals surface area (Å²) in [7, 11) is 2.44. The standard InChI is InChI=1S/C18H35F3S2/c1-5-7-9-11-13-16(14-12-10-8-6-2)17(18(19,20)21)23-22-15(3)4/h15-17H,5-14H2,1-4H3/t17-/m1/s1. The molecular formula is C18H35F3S2. The quantitative estimate of drug-likeness (QED) is 0.222. The second-order valence-electron chi connectivity index (χ2n) is 6.66. The van der Waals surface area contributed by atoms with Crippen LogP contribution in [-0.2, 0) is 0 Å². The first-order chi connectivity index (χ1) is 10.8. The van der Waals surface area contributed by atoms with Gasteiger partial charge in [-0.25, -0.2) is 0 Å². The van der Waals surface area contributed by atoms with Gasteiger partial charge in [0.25, 0.3) is 0 Å². The minimum Gasteiger partial charge on any atom is -0.170 e. The summed E-state index contributed by atoms with van der Waals surface area (Å²) >= 11 is 0. The van der Waals surface area contributed by atoms with E-state index in [0.717, 1.165) is 75.0 Å². The molecule has 0 aromatic heterocycles. The molecule has 1 atom stereocenters. The lowest BCUT2D eigenvalue weighted by Gasteiger charge is -2.29. The Morgan fingerprint density at radius 2 is 1.22 bits per heavy atom. The van der Waals surface area contributed by atoms with E-state index in [1.54, 1.807) is 0 Å². The summed E-state index contributed by atoms with van der Waals surface area (Å²) in [4.78, 5) is 0. The molecule has 0 aliphatic heterocycles. The average molecular weight is 373 g/mol. The number of hydrogen-bond acceptors (Lipinski definition) is 2. The van der Waals surface area contributed by atoms with Gasteiger partial charge in [0.05, 0.1) is 0 Å². The summed E-state index contributed by atoms with van der Waals surface area (Å²) in [5.74, 6) is -0.222. The third kappa shape index (κ3) is 12.5. The van der Waals surface area contributed by atoms with E-state index in [2.05, 4.69) is 13.8 Å². The molecule has 0 amide bonds. The molecular weight excluding hydrogens is 337 g/mol. The van der Waals surface area contributed by atoms with Crippen LogP contribution in [0.4, 0.5) is 13.2 Å². The fourth-order valence-electron chi connectivity index (χ4n) is 2.69. The van der Waals surface area contributed by atoms with E-state index in [4.69, 9.17) is 0 Å². The normalized spacial score (nSPS) is 14.0. The monoisotopic (exact) mass is 372 g/mol. The van der Waals surface area contributed by atoms with Crippen LogP contribution in [0.3, 0.4) is 0 Å². The van der Waals surface area contributed by atoms with Crippen LogP contribution in [0.5, 0.6) is 0 Å². The van der Waals surface area contributed by atoms with Crippen molar-refractivity contribution in [1.82, 2.24) is 0 Å². The maximum atomic E-state index is 13.5. The van der Waals surface area contributed by atoms with Gasteiger partial charge in [-0.15, -0.1) is 0 Å². The zero-order valence-corrected chi connectivity index (χ0v) is 16.9. The molecule has 0 saturated carbocycles. The number of alkyl halides is 3. The SMILES string of the molecule is CCCCCCC(CCCCCC)[C@@H](SSC(C)C)C(F)(F)F. The highest BCUT2D eigenvalue weighted by molar-refractivity contribution is 8.77. The van der Waals surface area contributed by atoms with E-state index < -0.39 is 11.4 Å². The van der Waals surface area contributed by atoms with E-state index in [0.29, 0.717) is 0 Å². The smallest absolute Gasteiger partial charge is 0.170 e. The van der Waals surface area contributed by atoms with Crippen LogP contribution in [0.15, 0.2) is 0 Å². The predicted molar refractivity (Wildman–Crippen MR) is 101 cm³/mol. The fraction of sp³-hybridized carbons (Fsp3) is 1.00. The molecule has 0 rings (SSSR count). The largest absolute Gasteiger partial charge is 0.401 e. The second kappa shape index (κ2) is 13.7. The van der Waals surface area contributed by atoms with Crippen molar-refractivity contribution in [2.45, 2.75) is 109 Å². The maximum absolute atomic E-state index is 13.5. The lowest BCUT2D eigenvalue weighted by atomic mass is 9.91. The van der Waals surface area contributed by atoms with Gasteiger partial charge in [-0.1, -0.05) is 101 Å². The summed E-state index contributed by atoms with van der Waals surface area (Å²) in [5.41, 5.74) is 0. The van der Waals surface area contributed by atoms with Crippen molar-refractivity contribution in [2.75, 3.05) is 0 Å². The van der Waals surface area contributed by atoms with Gasteiger partial charge in [-0.2, -0.15) is 13.2 Å². The lowest BCUT2D eigenvalue weighted by Crippen LogP contribution is -2.33. The van der Waals surface area contributed by atoms with Crippen LogP contribution in [0.25, 0.3) is 0 Å². The summed E-state index contributed by atoms with van der Waals surface area (Å²) in [6.07, 6.45) is 5.88. The second-order valence-corrected chi connectivity index (χ2v) is 9.65. The highest BCUT2D eigenvalue weighted by atomic mass is 33.1. The Balaban J connectivity index is 4.68. The minimum atomic E-state index is -4.09. The molecule has 0 N–H and O–H groups in total. The molecule has 0 radical (unpaired) electrons. The number of halogens is 3. The number of hydrogen-bond donors (Lipinski definition) is 0. The van der Waals surface area contributed by atoms with Crippen LogP contribution in [0.1, 0.15) is 91.9 Å². The molecule has 5 heteroatoms. The molecule has 0 aliphatic carbocycles.